The van der Waals surface area contributed by atoms with Crippen molar-refractivity contribution in [3.63, 3.8) is 0 Å². The van der Waals surface area contributed by atoms with Crippen molar-refractivity contribution >= 4 is 0 Å². The van der Waals surface area contributed by atoms with Crippen LogP contribution < -0.4 is 10.1 Å². The maximum Gasteiger partial charge on any atom is 0.219 e. The fourth-order valence-corrected chi connectivity index (χ4v) is 1.66. The molecule has 2 rings (SSSR count). The quantitative estimate of drug-likeness (QED) is 0.891. The van der Waals surface area contributed by atoms with Crippen LogP contribution in [0.3, 0.4) is 0 Å². The number of hydrogen-bond donors (Lipinski definition) is 1. The first-order chi connectivity index (χ1) is 8.70. The van der Waals surface area contributed by atoms with Gasteiger partial charge in [0.05, 0.1) is 0 Å². The van der Waals surface area contributed by atoms with Gasteiger partial charge in [-0.05, 0) is 38.1 Å². The largest absolute Gasteiger partial charge is 0.439 e. The maximum atomic E-state index is 5.75. The molecule has 0 radical (unpaired) electrons. The van der Waals surface area contributed by atoms with E-state index in [9.17, 15) is 0 Å². The van der Waals surface area contributed by atoms with Crippen LogP contribution in [0.4, 0.5) is 0 Å². The second-order valence-corrected chi connectivity index (χ2v) is 4.31. The molecule has 1 heterocycles. The summed E-state index contributed by atoms with van der Waals surface area (Å²) in [7, 11) is 1.93. The van der Waals surface area contributed by atoms with Crippen molar-refractivity contribution in [3.8, 4) is 11.6 Å². The van der Waals surface area contributed by atoms with E-state index in [0.29, 0.717) is 11.9 Å². The molecule has 0 saturated heterocycles. The van der Waals surface area contributed by atoms with Crippen LogP contribution in [0, 0.1) is 6.92 Å². The van der Waals surface area contributed by atoms with E-state index in [1.807, 2.05) is 56.6 Å². The van der Waals surface area contributed by atoms with E-state index in [0.717, 1.165) is 16.9 Å². The first kappa shape index (κ1) is 12.6. The maximum absolute atomic E-state index is 5.75. The lowest BCUT2D eigenvalue weighted by molar-refractivity contribution is 0.458. The van der Waals surface area contributed by atoms with Gasteiger partial charge in [-0.1, -0.05) is 24.3 Å². The fraction of sp³-hybridized carbons (Fsp3) is 0.267. The number of benzene rings is 1. The Morgan fingerprint density at radius 3 is 2.56 bits per heavy atom. The Balaban J connectivity index is 2.14. The summed E-state index contributed by atoms with van der Waals surface area (Å²) in [5, 5.41) is 3.18. The molecule has 1 aromatic carbocycles. The lowest BCUT2D eigenvalue weighted by Gasteiger charge is -2.11. The van der Waals surface area contributed by atoms with Crippen molar-refractivity contribution in [2.24, 2.45) is 0 Å². The standard InChI is InChI=1S/C15H18N2O/c1-11-6-4-5-7-14(11)18-15-9-8-13(10-17-15)12(2)16-3/h4-10,12,16H,1-3H3. The van der Waals surface area contributed by atoms with Gasteiger partial charge in [0.1, 0.15) is 5.75 Å². The smallest absolute Gasteiger partial charge is 0.219 e. The third-order valence-corrected chi connectivity index (χ3v) is 3.00. The van der Waals surface area contributed by atoms with Gasteiger partial charge in [0.25, 0.3) is 0 Å². The Kier molecular flexibility index (Phi) is 3.95. The molecule has 18 heavy (non-hydrogen) atoms. The predicted molar refractivity (Wildman–Crippen MR) is 73.0 cm³/mol. The zero-order valence-electron chi connectivity index (χ0n) is 11.0. The molecule has 0 aliphatic carbocycles. The first-order valence-electron chi connectivity index (χ1n) is 6.07. The highest BCUT2D eigenvalue weighted by Crippen LogP contribution is 2.23. The molecule has 0 aliphatic rings. The molecule has 1 aromatic heterocycles. The number of aryl methyl sites for hydroxylation is 1. The molecule has 0 aliphatic heterocycles. The molecular formula is C15H18N2O. The van der Waals surface area contributed by atoms with Crippen molar-refractivity contribution in [2.45, 2.75) is 19.9 Å². The number of ether oxygens (including phenoxy) is 1. The van der Waals surface area contributed by atoms with Crippen LogP contribution in [0.25, 0.3) is 0 Å². The molecule has 0 spiro atoms. The van der Waals surface area contributed by atoms with Crippen LogP contribution in [0.1, 0.15) is 24.1 Å². The van der Waals surface area contributed by atoms with E-state index in [2.05, 4.69) is 17.2 Å². The number of pyridine rings is 1. The van der Waals surface area contributed by atoms with Crippen LogP contribution in [-0.2, 0) is 0 Å². The van der Waals surface area contributed by atoms with Crippen molar-refractivity contribution in [1.82, 2.24) is 10.3 Å². The van der Waals surface area contributed by atoms with Crippen LogP contribution in [0.2, 0.25) is 0 Å². The summed E-state index contributed by atoms with van der Waals surface area (Å²) in [6.07, 6.45) is 1.84. The van der Waals surface area contributed by atoms with Gasteiger partial charge in [-0.3, -0.25) is 0 Å². The van der Waals surface area contributed by atoms with Crippen LogP contribution in [0.15, 0.2) is 42.6 Å². The summed E-state index contributed by atoms with van der Waals surface area (Å²) in [5.74, 6) is 1.47. The van der Waals surface area contributed by atoms with Crippen molar-refractivity contribution in [2.75, 3.05) is 7.05 Å². The van der Waals surface area contributed by atoms with E-state index >= 15 is 0 Å². The second kappa shape index (κ2) is 5.65. The molecular weight excluding hydrogens is 224 g/mol. The third kappa shape index (κ3) is 2.87. The van der Waals surface area contributed by atoms with Gasteiger partial charge < -0.3 is 10.1 Å². The van der Waals surface area contributed by atoms with E-state index in [1.165, 1.54) is 0 Å². The van der Waals surface area contributed by atoms with E-state index in [1.54, 1.807) is 0 Å². The van der Waals surface area contributed by atoms with E-state index in [-0.39, 0.29) is 0 Å². The molecule has 2 aromatic rings. The number of para-hydroxylation sites is 1. The van der Waals surface area contributed by atoms with Gasteiger partial charge in [-0.15, -0.1) is 0 Å². The highest BCUT2D eigenvalue weighted by atomic mass is 16.5. The second-order valence-electron chi connectivity index (χ2n) is 4.31. The van der Waals surface area contributed by atoms with Crippen LogP contribution in [-0.4, -0.2) is 12.0 Å². The number of nitrogens with one attached hydrogen (secondary N) is 1. The highest BCUT2D eigenvalue weighted by molar-refractivity contribution is 5.35. The highest BCUT2D eigenvalue weighted by Gasteiger charge is 2.05. The lowest BCUT2D eigenvalue weighted by Crippen LogP contribution is -2.12. The molecule has 0 fully saturated rings. The molecule has 0 bridgehead atoms. The molecule has 0 amide bonds. The normalized spacial score (nSPS) is 12.2. The Morgan fingerprint density at radius 1 is 1.17 bits per heavy atom. The van der Waals surface area contributed by atoms with Crippen LogP contribution >= 0.6 is 0 Å². The first-order valence-corrected chi connectivity index (χ1v) is 6.07. The summed E-state index contributed by atoms with van der Waals surface area (Å²) >= 11 is 0. The summed E-state index contributed by atoms with van der Waals surface area (Å²) in [4.78, 5) is 4.32. The Bertz CT molecular complexity index is 508. The fourth-order valence-electron chi connectivity index (χ4n) is 1.66. The third-order valence-electron chi connectivity index (χ3n) is 3.00. The topological polar surface area (TPSA) is 34.1 Å². The minimum atomic E-state index is 0.296. The average Bonchev–Trinajstić information content (AvgIpc) is 2.41. The zero-order valence-corrected chi connectivity index (χ0v) is 11.0. The molecule has 0 saturated carbocycles. The van der Waals surface area contributed by atoms with Crippen LogP contribution in [0.5, 0.6) is 11.6 Å². The summed E-state index contributed by atoms with van der Waals surface area (Å²) in [6.45, 7) is 4.12. The van der Waals surface area contributed by atoms with Gasteiger partial charge in [0.15, 0.2) is 0 Å². The Labute approximate surface area is 108 Å². The molecule has 1 atom stereocenters. The van der Waals surface area contributed by atoms with Gasteiger partial charge in [-0.25, -0.2) is 4.98 Å². The molecule has 1 unspecified atom stereocenters. The number of hydrogen-bond acceptors (Lipinski definition) is 3. The Hall–Kier alpha value is -1.87. The number of rotatable bonds is 4. The molecule has 3 heteroatoms. The van der Waals surface area contributed by atoms with E-state index in [4.69, 9.17) is 4.74 Å². The van der Waals surface area contributed by atoms with Crippen molar-refractivity contribution < 1.29 is 4.74 Å². The van der Waals surface area contributed by atoms with Gasteiger partial charge in [-0.2, -0.15) is 0 Å². The van der Waals surface area contributed by atoms with Gasteiger partial charge in [0, 0.05) is 18.3 Å². The minimum Gasteiger partial charge on any atom is -0.439 e. The number of aromatic nitrogens is 1. The van der Waals surface area contributed by atoms with Gasteiger partial charge in [0.2, 0.25) is 5.88 Å². The summed E-state index contributed by atoms with van der Waals surface area (Å²) < 4.78 is 5.75. The molecule has 94 valence electrons. The van der Waals surface area contributed by atoms with Gasteiger partial charge >= 0.3 is 0 Å². The SMILES string of the molecule is CNC(C)c1ccc(Oc2ccccc2C)nc1. The van der Waals surface area contributed by atoms with Crippen molar-refractivity contribution in [1.29, 1.82) is 0 Å². The summed E-state index contributed by atoms with van der Waals surface area (Å²) in [5.41, 5.74) is 2.25. The zero-order chi connectivity index (χ0) is 13.0. The minimum absolute atomic E-state index is 0.296. The predicted octanol–water partition coefficient (Wildman–Crippen LogP) is 3.46. The summed E-state index contributed by atoms with van der Waals surface area (Å²) in [6, 6.07) is 12.1. The Morgan fingerprint density at radius 2 is 1.94 bits per heavy atom. The average molecular weight is 242 g/mol. The van der Waals surface area contributed by atoms with E-state index < -0.39 is 0 Å². The van der Waals surface area contributed by atoms with Crippen molar-refractivity contribution in [3.05, 3.63) is 53.7 Å². The monoisotopic (exact) mass is 242 g/mol. The molecule has 1 N–H and O–H groups in total. The molecule has 3 nitrogen and oxygen atoms in total. The lowest BCUT2D eigenvalue weighted by atomic mass is 10.1. The number of nitrogens with zero attached hydrogens (tertiary/aromatic N) is 1.